The number of carboxylic acids is 1. The monoisotopic (exact) mass is 219 g/mol. The van der Waals surface area contributed by atoms with Crippen LogP contribution in [-0.2, 0) is 17.9 Å². The summed E-state index contributed by atoms with van der Waals surface area (Å²) in [5, 5.41) is 8.69. The van der Waals surface area contributed by atoms with Crippen molar-refractivity contribution in [3.63, 3.8) is 0 Å². The summed E-state index contributed by atoms with van der Waals surface area (Å²) in [6.07, 6.45) is 2.13. The van der Waals surface area contributed by atoms with Crippen LogP contribution >= 0.6 is 0 Å². The fraction of sp³-hybridized carbons (Fsp3) is 0.333. The van der Waals surface area contributed by atoms with Crippen molar-refractivity contribution in [3.8, 4) is 0 Å². The molecule has 0 fully saturated rings. The van der Waals surface area contributed by atoms with E-state index in [1.807, 2.05) is 29.1 Å². The molecule has 2 aromatic rings. The lowest BCUT2D eigenvalue weighted by Crippen LogP contribution is -2.33. The van der Waals surface area contributed by atoms with Crippen molar-refractivity contribution in [3.05, 3.63) is 30.6 Å². The van der Waals surface area contributed by atoms with Crippen molar-refractivity contribution in [2.75, 3.05) is 0 Å². The average molecular weight is 219 g/mol. The smallest absolute Gasteiger partial charge is 0.307 e. The molecule has 0 amide bonds. The second-order valence-corrected chi connectivity index (χ2v) is 3.73. The Kier molecular flexibility index (Phi) is 2.90. The second-order valence-electron chi connectivity index (χ2n) is 3.73. The number of aryl methyl sites for hydroxylation is 2. The molecule has 16 heavy (non-hydrogen) atoms. The van der Waals surface area contributed by atoms with Gasteiger partial charge in [-0.2, -0.15) is 0 Å². The van der Waals surface area contributed by atoms with Crippen LogP contribution in [0.4, 0.5) is 0 Å². The highest BCUT2D eigenvalue weighted by Crippen LogP contribution is 2.10. The first-order chi connectivity index (χ1) is 7.72. The summed E-state index contributed by atoms with van der Waals surface area (Å²) in [5.41, 5.74) is 2.24. The van der Waals surface area contributed by atoms with Crippen LogP contribution in [0.2, 0.25) is 0 Å². The maximum atomic E-state index is 10.6. The van der Waals surface area contributed by atoms with Crippen LogP contribution in [0.1, 0.15) is 13.3 Å². The normalized spacial score (nSPS) is 10.8. The Balaban J connectivity index is 2.41. The van der Waals surface area contributed by atoms with Crippen molar-refractivity contribution < 1.29 is 14.5 Å². The number of rotatable bonds is 4. The van der Waals surface area contributed by atoms with Crippen LogP contribution in [0.5, 0.6) is 0 Å². The number of aromatic nitrogens is 2. The Morgan fingerprint density at radius 1 is 1.44 bits per heavy atom. The second kappa shape index (κ2) is 4.35. The predicted molar refractivity (Wildman–Crippen MR) is 60.1 cm³/mol. The zero-order chi connectivity index (χ0) is 11.5. The Morgan fingerprint density at radius 2 is 2.19 bits per heavy atom. The number of aliphatic carboxylic acids is 1. The van der Waals surface area contributed by atoms with Gasteiger partial charge in [0.15, 0.2) is 11.0 Å². The molecule has 1 aromatic carbocycles. The number of nitrogens with zero attached hydrogens (tertiary/aromatic N) is 2. The van der Waals surface area contributed by atoms with E-state index in [0.29, 0.717) is 6.54 Å². The Morgan fingerprint density at radius 3 is 2.88 bits per heavy atom. The third kappa shape index (κ3) is 1.91. The summed E-state index contributed by atoms with van der Waals surface area (Å²) in [5.74, 6) is -0.763. The van der Waals surface area contributed by atoms with Gasteiger partial charge in [0, 0.05) is 0 Å². The highest BCUT2D eigenvalue weighted by molar-refractivity contribution is 5.71. The molecule has 4 nitrogen and oxygen atoms in total. The van der Waals surface area contributed by atoms with Gasteiger partial charge >= 0.3 is 5.97 Å². The molecule has 0 bridgehead atoms. The maximum absolute atomic E-state index is 10.6. The van der Waals surface area contributed by atoms with E-state index in [9.17, 15) is 4.79 Å². The van der Waals surface area contributed by atoms with Crippen LogP contribution < -0.4 is 4.57 Å². The summed E-state index contributed by atoms with van der Waals surface area (Å²) >= 11 is 0. The van der Waals surface area contributed by atoms with Gasteiger partial charge in [-0.05, 0) is 19.1 Å². The maximum Gasteiger partial charge on any atom is 0.307 e. The third-order valence-corrected chi connectivity index (χ3v) is 2.69. The topological polar surface area (TPSA) is 46.1 Å². The standard InChI is InChI=1S/C12H14N2O2/c1-2-13-9-14(8-7-12(15)16)11-6-4-3-5-10(11)13/h3-6,9H,2,7-8H2,1H3/p+1. The zero-order valence-electron chi connectivity index (χ0n) is 9.26. The minimum absolute atomic E-state index is 0.155. The van der Waals surface area contributed by atoms with Crippen LogP contribution in [0, 0.1) is 0 Å². The average Bonchev–Trinajstić information content (AvgIpc) is 2.65. The minimum Gasteiger partial charge on any atom is -0.481 e. The van der Waals surface area contributed by atoms with Crippen molar-refractivity contribution in [1.82, 2.24) is 4.57 Å². The lowest BCUT2D eigenvalue weighted by molar-refractivity contribution is -0.671. The molecule has 0 saturated heterocycles. The van der Waals surface area contributed by atoms with E-state index in [4.69, 9.17) is 5.11 Å². The molecule has 0 unspecified atom stereocenters. The highest BCUT2D eigenvalue weighted by atomic mass is 16.4. The van der Waals surface area contributed by atoms with Gasteiger partial charge in [-0.3, -0.25) is 4.79 Å². The van der Waals surface area contributed by atoms with Crippen LogP contribution in [0.3, 0.4) is 0 Å². The first-order valence-corrected chi connectivity index (χ1v) is 5.41. The molecule has 0 radical (unpaired) electrons. The molecule has 0 atom stereocenters. The quantitative estimate of drug-likeness (QED) is 0.790. The molecule has 0 aliphatic heterocycles. The van der Waals surface area contributed by atoms with Gasteiger partial charge in [0.2, 0.25) is 6.33 Å². The van der Waals surface area contributed by atoms with Crippen molar-refractivity contribution >= 4 is 17.0 Å². The fourth-order valence-corrected chi connectivity index (χ4v) is 1.89. The number of hydrogen-bond donors (Lipinski definition) is 1. The van der Waals surface area contributed by atoms with E-state index in [1.165, 1.54) is 0 Å². The van der Waals surface area contributed by atoms with Crippen LogP contribution in [-0.4, -0.2) is 15.6 Å². The first kappa shape index (κ1) is 10.7. The number of carbonyl (C=O) groups is 1. The van der Waals surface area contributed by atoms with Crippen LogP contribution in [0.15, 0.2) is 30.6 Å². The molecule has 84 valence electrons. The fourth-order valence-electron chi connectivity index (χ4n) is 1.89. The minimum atomic E-state index is -0.763. The Labute approximate surface area is 93.7 Å². The summed E-state index contributed by atoms with van der Waals surface area (Å²) in [4.78, 5) is 10.6. The molecule has 1 heterocycles. The number of fused-ring (bicyclic) bond motifs is 1. The van der Waals surface area contributed by atoms with Gasteiger partial charge in [-0.15, -0.1) is 0 Å². The van der Waals surface area contributed by atoms with Gasteiger partial charge in [0.05, 0.1) is 13.0 Å². The lowest BCUT2D eigenvalue weighted by Gasteiger charge is -1.93. The molecule has 1 N–H and O–H groups in total. The highest BCUT2D eigenvalue weighted by Gasteiger charge is 2.14. The molecule has 4 heteroatoms. The molecule has 2 rings (SSSR count). The van der Waals surface area contributed by atoms with E-state index >= 15 is 0 Å². The number of benzene rings is 1. The van der Waals surface area contributed by atoms with Gasteiger partial charge in [-0.1, -0.05) is 12.1 Å². The van der Waals surface area contributed by atoms with E-state index in [-0.39, 0.29) is 6.42 Å². The van der Waals surface area contributed by atoms with Crippen molar-refractivity contribution in [2.45, 2.75) is 26.4 Å². The largest absolute Gasteiger partial charge is 0.481 e. The van der Waals surface area contributed by atoms with Crippen LogP contribution in [0.25, 0.3) is 11.0 Å². The Hall–Kier alpha value is -1.84. The van der Waals surface area contributed by atoms with Crippen molar-refractivity contribution in [2.24, 2.45) is 0 Å². The number of para-hydroxylation sites is 2. The third-order valence-electron chi connectivity index (χ3n) is 2.69. The van der Waals surface area contributed by atoms with E-state index in [0.717, 1.165) is 17.6 Å². The first-order valence-electron chi connectivity index (χ1n) is 5.41. The molecule has 0 aliphatic rings. The van der Waals surface area contributed by atoms with E-state index in [2.05, 4.69) is 17.6 Å². The van der Waals surface area contributed by atoms with Crippen molar-refractivity contribution in [1.29, 1.82) is 0 Å². The van der Waals surface area contributed by atoms with Gasteiger partial charge < -0.3 is 5.11 Å². The summed E-state index contributed by atoms with van der Waals surface area (Å²) < 4.78 is 4.12. The summed E-state index contributed by atoms with van der Waals surface area (Å²) in [6.45, 7) is 3.48. The van der Waals surface area contributed by atoms with E-state index < -0.39 is 5.97 Å². The SMILES string of the molecule is CCn1c[n+](CCC(=O)O)c2ccccc21. The summed E-state index contributed by atoms with van der Waals surface area (Å²) in [6, 6.07) is 8.04. The molecular formula is C12H15N2O2+. The van der Waals surface area contributed by atoms with Gasteiger partial charge in [0.1, 0.15) is 6.54 Å². The molecular weight excluding hydrogens is 204 g/mol. The predicted octanol–water partition coefficient (Wildman–Crippen LogP) is 1.42. The zero-order valence-corrected chi connectivity index (χ0v) is 9.26. The lowest BCUT2D eigenvalue weighted by atomic mass is 10.3. The van der Waals surface area contributed by atoms with E-state index in [1.54, 1.807) is 0 Å². The molecule has 0 aliphatic carbocycles. The number of imidazole rings is 1. The molecule has 1 aromatic heterocycles. The molecule has 0 spiro atoms. The molecule has 0 saturated carbocycles. The Bertz CT molecular complexity index is 517. The van der Waals surface area contributed by atoms with Gasteiger partial charge in [-0.25, -0.2) is 9.13 Å². The summed E-state index contributed by atoms with van der Waals surface area (Å²) in [7, 11) is 0. The number of hydrogen-bond acceptors (Lipinski definition) is 1. The van der Waals surface area contributed by atoms with Gasteiger partial charge in [0.25, 0.3) is 0 Å². The number of carboxylic acid groups (broad SMARTS) is 1.